The molecule has 8 heteroatoms. The van der Waals surface area contributed by atoms with Crippen LogP contribution in [0.5, 0.6) is 5.75 Å². The van der Waals surface area contributed by atoms with Crippen LogP contribution in [-0.4, -0.2) is 18.4 Å². The van der Waals surface area contributed by atoms with Crippen LogP contribution in [0.25, 0.3) is 0 Å². The summed E-state index contributed by atoms with van der Waals surface area (Å²) in [6.45, 7) is -0.545. The van der Waals surface area contributed by atoms with Crippen molar-refractivity contribution >= 4 is 11.9 Å². The molecule has 0 saturated carbocycles. The summed E-state index contributed by atoms with van der Waals surface area (Å²) in [5.74, 6) is -2.04. The van der Waals surface area contributed by atoms with Crippen LogP contribution in [0.2, 0.25) is 0 Å². The number of hydrogen-bond donors (Lipinski definition) is 1. The number of nitrogens with one attached hydrogen (secondary N) is 1. The van der Waals surface area contributed by atoms with Gasteiger partial charge in [-0.2, -0.15) is 0 Å². The molecule has 1 atom stereocenters. The van der Waals surface area contributed by atoms with Gasteiger partial charge in [0.05, 0.1) is 6.61 Å². The normalized spacial score (nSPS) is 14.8. The maximum Gasteiger partial charge on any atom is 0.325 e. The summed E-state index contributed by atoms with van der Waals surface area (Å²) in [6, 6.07) is 16.9. The summed E-state index contributed by atoms with van der Waals surface area (Å²) >= 11 is 0. The van der Waals surface area contributed by atoms with E-state index in [1.807, 2.05) is 30.3 Å². The predicted octanol–water partition coefficient (Wildman–Crippen LogP) is 4.05. The van der Waals surface area contributed by atoms with Crippen LogP contribution in [-0.2, 0) is 27.5 Å². The molecule has 0 radical (unpaired) electrons. The van der Waals surface area contributed by atoms with Crippen molar-refractivity contribution in [3.05, 3.63) is 101 Å². The Labute approximate surface area is 182 Å². The number of fused-ring (bicyclic) bond motifs is 1. The molecule has 0 saturated heterocycles. The molecular formula is C24H19F2NO5. The lowest BCUT2D eigenvalue weighted by atomic mass is 10.1. The standard InChI is InChI=1S/C24H19F2NO5/c25-19-8-4-7-16(9-19)23(29)27-12-21(28)30-13-17-10-20(26)11-18-14-31-24(32-22(17)18)15-5-2-1-3-6-15/h1-11,24H,12-14H2,(H,27,29)/t24-/m1/s1. The predicted molar refractivity (Wildman–Crippen MR) is 110 cm³/mol. The van der Waals surface area contributed by atoms with Crippen LogP contribution in [0, 0.1) is 11.6 Å². The minimum atomic E-state index is -0.737. The van der Waals surface area contributed by atoms with Gasteiger partial charge in [0, 0.05) is 22.3 Å². The number of ether oxygens (including phenoxy) is 3. The number of esters is 1. The minimum absolute atomic E-state index is 0.0809. The van der Waals surface area contributed by atoms with Gasteiger partial charge in [-0.25, -0.2) is 8.78 Å². The Morgan fingerprint density at radius 2 is 1.81 bits per heavy atom. The largest absolute Gasteiger partial charge is 0.460 e. The van der Waals surface area contributed by atoms with Gasteiger partial charge in [-0.15, -0.1) is 0 Å². The topological polar surface area (TPSA) is 73.9 Å². The number of carbonyl (C=O) groups excluding carboxylic acids is 2. The first kappa shape index (κ1) is 21.5. The van der Waals surface area contributed by atoms with E-state index in [4.69, 9.17) is 14.2 Å². The summed E-state index contributed by atoms with van der Waals surface area (Å²) in [5.41, 5.74) is 1.72. The molecule has 0 unspecified atom stereocenters. The molecule has 1 heterocycles. The molecule has 0 bridgehead atoms. The van der Waals surface area contributed by atoms with Crippen molar-refractivity contribution in [1.29, 1.82) is 0 Å². The zero-order chi connectivity index (χ0) is 22.5. The summed E-state index contributed by atoms with van der Waals surface area (Å²) < 4.78 is 44.0. The molecule has 1 aliphatic rings. The number of halogens is 2. The first-order valence-electron chi connectivity index (χ1n) is 9.83. The van der Waals surface area contributed by atoms with E-state index in [1.165, 1.54) is 30.3 Å². The Hall–Kier alpha value is -3.78. The molecule has 0 spiro atoms. The quantitative estimate of drug-likeness (QED) is 0.587. The van der Waals surface area contributed by atoms with Gasteiger partial charge in [0.25, 0.3) is 5.91 Å². The second-order valence-corrected chi connectivity index (χ2v) is 7.08. The smallest absolute Gasteiger partial charge is 0.325 e. The Morgan fingerprint density at radius 1 is 1.00 bits per heavy atom. The van der Waals surface area contributed by atoms with E-state index in [1.54, 1.807) is 0 Å². The van der Waals surface area contributed by atoms with Gasteiger partial charge in [-0.1, -0.05) is 36.4 Å². The fourth-order valence-electron chi connectivity index (χ4n) is 3.25. The van der Waals surface area contributed by atoms with Gasteiger partial charge in [-0.3, -0.25) is 9.59 Å². The van der Waals surface area contributed by atoms with Crippen LogP contribution in [0.3, 0.4) is 0 Å². The molecule has 1 aliphatic heterocycles. The van der Waals surface area contributed by atoms with E-state index in [0.29, 0.717) is 16.9 Å². The van der Waals surface area contributed by atoms with E-state index in [2.05, 4.69) is 5.32 Å². The van der Waals surface area contributed by atoms with Crippen molar-refractivity contribution in [2.75, 3.05) is 6.54 Å². The number of amides is 1. The van der Waals surface area contributed by atoms with Crippen LogP contribution in [0.15, 0.2) is 66.7 Å². The van der Waals surface area contributed by atoms with Crippen LogP contribution in [0.1, 0.15) is 33.3 Å². The fraction of sp³-hybridized carbons (Fsp3) is 0.167. The number of rotatable bonds is 6. The molecular weight excluding hydrogens is 420 g/mol. The molecule has 0 aromatic heterocycles. The van der Waals surface area contributed by atoms with Crippen molar-refractivity contribution in [3.8, 4) is 5.75 Å². The Kier molecular flexibility index (Phi) is 6.42. The van der Waals surface area contributed by atoms with E-state index in [0.717, 1.165) is 11.6 Å². The van der Waals surface area contributed by atoms with Crippen LogP contribution < -0.4 is 10.1 Å². The van der Waals surface area contributed by atoms with Crippen LogP contribution in [0.4, 0.5) is 8.78 Å². The van der Waals surface area contributed by atoms with Gasteiger partial charge in [-0.05, 0) is 30.3 Å². The highest BCUT2D eigenvalue weighted by Gasteiger charge is 2.25. The van der Waals surface area contributed by atoms with E-state index >= 15 is 0 Å². The molecule has 0 aliphatic carbocycles. The third kappa shape index (κ3) is 5.09. The second kappa shape index (κ2) is 9.57. The highest BCUT2D eigenvalue weighted by atomic mass is 19.1. The van der Waals surface area contributed by atoms with Crippen LogP contribution >= 0.6 is 0 Å². The second-order valence-electron chi connectivity index (χ2n) is 7.08. The lowest BCUT2D eigenvalue weighted by molar-refractivity contribution is -0.144. The maximum absolute atomic E-state index is 14.0. The Morgan fingerprint density at radius 3 is 2.59 bits per heavy atom. The van der Waals surface area contributed by atoms with Gasteiger partial charge >= 0.3 is 5.97 Å². The third-order valence-electron chi connectivity index (χ3n) is 4.76. The fourth-order valence-corrected chi connectivity index (χ4v) is 3.25. The molecule has 0 fully saturated rings. The summed E-state index contributed by atoms with van der Waals surface area (Å²) in [7, 11) is 0. The summed E-state index contributed by atoms with van der Waals surface area (Å²) in [5, 5.41) is 2.36. The maximum atomic E-state index is 14.0. The number of benzene rings is 3. The van der Waals surface area contributed by atoms with Crippen molar-refractivity contribution in [2.24, 2.45) is 0 Å². The van der Waals surface area contributed by atoms with E-state index in [-0.39, 0.29) is 18.8 Å². The van der Waals surface area contributed by atoms with Crippen molar-refractivity contribution in [3.63, 3.8) is 0 Å². The number of carbonyl (C=O) groups is 2. The molecule has 3 aromatic carbocycles. The molecule has 6 nitrogen and oxygen atoms in total. The van der Waals surface area contributed by atoms with Crippen molar-refractivity contribution in [2.45, 2.75) is 19.5 Å². The van der Waals surface area contributed by atoms with Gasteiger partial charge in [0.15, 0.2) is 0 Å². The lowest BCUT2D eigenvalue weighted by Crippen LogP contribution is -2.30. The highest BCUT2D eigenvalue weighted by Crippen LogP contribution is 2.36. The summed E-state index contributed by atoms with van der Waals surface area (Å²) in [4.78, 5) is 24.1. The SMILES string of the molecule is O=C(CNC(=O)c1cccc(F)c1)OCc1cc(F)cc2c1O[C@H](c1ccccc1)OC2. The molecule has 1 amide bonds. The zero-order valence-electron chi connectivity index (χ0n) is 16.8. The molecule has 32 heavy (non-hydrogen) atoms. The average Bonchev–Trinajstić information content (AvgIpc) is 2.81. The monoisotopic (exact) mass is 439 g/mol. The lowest BCUT2D eigenvalue weighted by Gasteiger charge is -2.28. The first-order chi connectivity index (χ1) is 15.5. The first-order valence-corrected chi connectivity index (χ1v) is 9.83. The highest BCUT2D eigenvalue weighted by molar-refractivity contribution is 5.95. The average molecular weight is 439 g/mol. The summed E-state index contributed by atoms with van der Waals surface area (Å²) in [6.07, 6.45) is -0.672. The van der Waals surface area contributed by atoms with Gasteiger partial charge in [0.2, 0.25) is 6.29 Å². The van der Waals surface area contributed by atoms with Crippen molar-refractivity contribution < 1.29 is 32.6 Å². The molecule has 4 rings (SSSR count). The number of hydrogen-bond acceptors (Lipinski definition) is 5. The van der Waals surface area contributed by atoms with E-state index < -0.39 is 36.3 Å². The third-order valence-corrected chi connectivity index (χ3v) is 4.76. The molecule has 1 N–H and O–H groups in total. The van der Waals surface area contributed by atoms with Gasteiger partial charge < -0.3 is 19.5 Å². The molecule has 3 aromatic rings. The Bertz CT molecular complexity index is 1140. The minimum Gasteiger partial charge on any atom is -0.460 e. The van der Waals surface area contributed by atoms with Gasteiger partial charge in [0.1, 0.15) is 30.5 Å². The van der Waals surface area contributed by atoms with E-state index in [9.17, 15) is 18.4 Å². The Balaban J connectivity index is 1.39. The molecule has 164 valence electrons. The van der Waals surface area contributed by atoms with Crippen molar-refractivity contribution in [1.82, 2.24) is 5.32 Å². The zero-order valence-corrected chi connectivity index (χ0v) is 16.8.